The van der Waals surface area contributed by atoms with Crippen LogP contribution in [0.5, 0.6) is 0 Å². The molecule has 3 rings (SSSR count). The Morgan fingerprint density at radius 2 is 2.12 bits per heavy atom. The lowest BCUT2D eigenvalue weighted by Gasteiger charge is -2.18. The van der Waals surface area contributed by atoms with Gasteiger partial charge >= 0.3 is 13.4 Å². The molecule has 136 valence electrons. The van der Waals surface area contributed by atoms with Crippen LogP contribution in [-0.4, -0.2) is 58.9 Å². The number of aliphatic hydroxyl groups excluding tert-OH is 2. The molecule has 12 nitrogen and oxygen atoms in total. The molecule has 5 N–H and O–H groups in total. The second kappa shape index (κ2) is 6.67. The standard InChI is InChI=1S/C12H16N5O7P/c13-8-1-3-17(12(20)15-8)11-10(19)9(18)7(24-11)5-23-25(21,22)16-4-2-14-6-16/h1-4,6-7,9-11,18-19H,5H2,(H,21,22)(H2,13,15,20)/t7-,9-,10-,11-/m1/s1. The largest absolute Gasteiger partial charge is 0.437 e. The molecule has 1 aliphatic heterocycles. The Balaban J connectivity index is 1.72. The fourth-order valence-electron chi connectivity index (χ4n) is 2.36. The Hall–Kier alpha value is -2.08. The molecule has 13 heteroatoms. The van der Waals surface area contributed by atoms with Gasteiger partial charge in [0, 0.05) is 18.6 Å². The first-order valence-corrected chi connectivity index (χ1v) is 8.65. The molecule has 3 heterocycles. The van der Waals surface area contributed by atoms with Crippen molar-refractivity contribution in [1.82, 2.24) is 18.9 Å². The second-order valence-electron chi connectivity index (χ2n) is 5.32. The number of aliphatic hydroxyl groups is 2. The molecular weight excluding hydrogens is 357 g/mol. The Kier molecular flexibility index (Phi) is 4.73. The van der Waals surface area contributed by atoms with E-state index in [1.165, 1.54) is 24.7 Å². The third-order valence-corrected chi connectivity index (χ3v) is 4.96. The van der Waals surface area contributed by atoms with E-state index >= 15 is 0 Å². The summed E-state index contributed by atoms with van der Waals surface area (Å²) >= 11 is 0. The number of imidazole rings is 1. The maximum absolute atomic E-state index is 12.0. The lowest BCUT2D eigenvalue weighted by atomic mass is 10.1. The fourth-order valence-corrected chi connectivity index (χ4v) is 3.25. The van der Waals surface area contributed by atoms with Gasteiger partial charge in [0.25, 0.3) is 0 Å². The number of anilines is 1. The molecule has 25 heavy (non-hydrogen) atoms. The predicted molar refractivity (Wildman–Crippen MR) is 82.2 cm³/mol. The molecule has 1 fully saturated rings. The lowest BCUT2D eigenvalue weighted by molar-refractivity contribution is -0.0526. The Morgan fingerprint density at radius 1 is 1.36 bits per heavy atom. The minimum atomic E-state index is -4.22. The number of nitrogens with zero attached hydrogens (tertiary/aromatic N) is 4. The van der Waals surface area contributed by atoms with Crippen molar-refractivity contribution in [3.05, 3.63) is 41.5 Å². The molecule has 1 unspecified atom stereocenters. The van der Waals surface area contributed by atoms with Crippen LogP contribution in [0, 0.1) is 0 Å². The van der Waals surface area contributed by atoms with Crippen LogP contribution < -0.4 is 11.4 Å². The van der Waals surface area contributed by atoms with Crippen molar-refractivity contribution < 1.29 is 28.9 Å². The van der Waals surface area contributed by atoms with Crippen molar-refractivity contribution in [2.75, 3.05) is 12.3 Å². The van der Waals surface area contributed by atoms with Crippen LogP contribution in [0.1, 0.15) is 6.23 Å². The highest BCUT2D eigenvalue weighted by molar-refractivity contribution is 7.51. The van der Waals surface area contributed by atoms with Gasteiger partial charge in [-0.2, -0.15) is 4.98 Å². The lowest BCUT2D eigenvalue weighted by Crippen LogP contribution is -2.36. The highest BCUT2D eigenvalue weighted by Crippen LogP contribution is 2.44. The van der Waals surface area contributed by atoms with Crippen LogP contribution in [0.25, 0.3) is 0 Å². The number of nitrogens with two attached hydrogens (primary N) is 1. The number of hydrogen-bond acceptors (Lipinski definition) is 9. The van der Waals surface area contributed by atoms with E-state index in [1.807, 2.05) is 0 Å². The maximum Gasteiger partial charge on any atom is 0.437 e. The van der Waals surface area contributed by atoms with E-state index in [0.717, 1.165) is 15.2 Å². The van der Waals surface area contributed by atoms with Crippen molar-refractivity contribution >= 4 is 13.6 Å². The van der Waals surface area contributed by atoms with Gasteiger partial charge in [-0.3, -0.25) is 9.09 Å². The molecule has 2 aromatic heterocycles. The Bertz CT molecular complexity index is 841. The summed E-state index contributed by atoms with van der Waals surface area (Å²) in [5.41, 5.74) is 4.62. The number of nitrogen functional groups attached to an aromatic ring is 1. The van der Waals surface area contributed by atoms with Crippen LogP contribution in [0.15, 0.2) is 35.8 Å². The van der Waals surface area contributed by atoms with Gasteiger partial charge in [-0.1, -0.05) is 0 Å². The fraction of sp³-hybridized carbons (Fsp3) is 0.417. The predicted octanol–water partition coefficient (Wildman–Crippen LogP) is -1.69. The summed E-state index contributed by atoms with van der Waals surface area (Å²) in [6.45, 7) is -0.502. The van der Waals surface area contributed by atoms with Crippen LogP contribution in [0.4, 0.5) is 5.82 Å². The van der Waals surface area contributed by atoms with Gasteiger partial charge < -0.3 is 25.6 Å². The normalized spacial score (nSPS) is 28.8. The summed E-state index contributed by atoms with van der Waals surface area (Å²) in [5.74, 6) is -0.00396. The van der Waals surface area contributed by atoms with E-state index in [4.69, 9.17) is 15.0 Å². The molecule has 1 aliphatic rings. The average molecular weight is 373 g/mol. The van der Waals surface area contributed by atoms with Crippen molar-refractivity contribution in [3.63, 3.8) is 0 Å². The molecule has 0 radical (unpaired) electrons. The van der Waals surface area contributed by atoms with Crippen molar-refractivity contribution in [2.24, 2.45) is 0 Å². The molecule has 0 amide bonds. The van der Waals surface area contributed by atoms with E-state index in [2.05, 4.69) is 9.97 Å². The van der Waals surface area contributed by atoms with Crippen LogP contribution >= 0.6 is 7.75 Å². The summed E-state index contributed by atoms with van der Waals surface area (Å²) in [7, 11) is -4.22. The monoisotopic (exact) mass is 373 g/mol. The van der Waals surface area contributed by atoms with E-state index in [0.29, 0.717) is 0 Å². The zero-order valence-corrected chi connectivity index (χ0v) is 13.6. The van der Waals surface area contributed by atoms with Gasteiger partial charge in [0.2, 0.25) is 0 Å². The topological polar surface area (TPSA) is 175 Å². The number of hydrogen-bond donors (Lipinski definition) is 4. The molecular formula is C12H16N5O7P. The first kappa shape index (κ1) is 17.7. The van der Waals surface area contributed by atoms with Crippen LogP contribution in [0.2, 0.25) is 0 Å². The molecule has 0 bridgehead atoms. The first-order chi connectivity index (χ1) is 11.8. The van der Waals surface area contributed by atoms with Crippen molar-refractivity contribution in [2.45, 2.75) is 24.5 Å². The highest BCUT2D eigenvalue weighted by atomic mass is 31.2. The van der Waals surface area contributed by atoms with Gasteiger partial charge in [-0.25, -0.2) is 18.7 Å². The molecule has 1 saturated heterocycles. The molecule has 5 atom stereocenters. The third-order valence-electron chi connectivity index (χ3n) is 3.65. The van der Waals surface area contributed by atoms with E-state index in [-0.39, 0.29) is 5.82 Å². The van der Waals surface area contributed by atoms with Gasteiger partial charge in [-0.05, 0) is 6.07 Å². The first-order valence-electron chi connectivity index (χ1n) is 7.12. The molecule has 0 aromatic carbocycles. The minimum absolute atomic E-state index is 0.00396. The average Bonchev–Trinajstić information content (AvgIpc) is 3.18. The van der Waals surface area contributed by atoms with E-state index < -0.39 is 44.6 Å². The van der Waals surface area contributed by atoms with Gasteiger partial charge in [0.1, 0.15) is 30.5 Å². The summed E-state index contributed by atoms with van der Waals surface area (Å²) in [5, 5.41) is 20.1. The van der Waals surface area contributed by atoms with Crippen molar-refractivity contribution in [1.29, 1.82) is 0 Å². The Morgan fingerprint density at radius 3 is 2.76 bits per heavy atom. The second-order valence-corrected chi connectivity index (χ2v) is 7.02. The van der Waals surface area contributed by atoms with Crippen molar-refractivity contribution in [3.8, 4) is 0 Å². The Labute approximate surface area is 140 Å². The summed E-state index contributed by atoms with van der Waals surface area (Å²) in [6, 6.07) is 1.33. The summed E-state index contributed by atoms with van der Waals surface area (Å²) in [4.78, 5) is 28.8. The van der Waals surface area contributed by atoms with E-state index in [1.54, 1.807) is 0 Å². The van der Waals surface area contributed by atoms with E-state index in [9.17, 15) is 24.5 Å². The summed E-state index contributed by atoms with van der Waals surface area (Å²) < 4.78 is 24.2. The molecule has 0 aliphatic carbocycles. The molecule has 2 aromatic rings. The van der Waals surface area contributed by atoms with Crippen LogP contribution in [0.3, 0.4) is 0 Å². The SMILES string of the molecule is Nc1ccn([C@@H]2O[C@H](COP(=O)(O)n3ccnc3)[C@@H](O)[C@H]2O)c(=O)n1. The van der Waals surface area contributed by atoms with Crippen LogP contribution in [-0.2, 0) is 13.8 Å². The zero-order valence-electron chi connectivity index (χ0n) is 12.7. The maximum atomic E-state index is 12.0. The third kappa shape index (κ3) is 3.49. The quantitative estimate of drug-likeness (QED) is 0.442. The summed E-state index contributed by atoms with van der Waals surface area (Å²) in [6.07, 6.45) is -0.400. The zero-order chi connectivity index (χ0) is 18.2. The smallest absolute Gasteiger partial charge is 0.387 e. The van der Waals surface area contributed by atoms with Gasteiger partial charge in [0.05, 0.1) is 6.61 Å². The minimum Gasteiger partial charge on any atom is -0.387 e. The number of rotatable bonds is 5. The van der Waals surface area contributed by atoms with Gasteiger partial charge in [-0.15, -0.1) is 0 Å². The molecule has 0 saturated carbocycles. The molecule has 0 spiro atoms. The van der Waals surface area contributed by atoms with Gasteiger partial charge in [0.15, 0.2) is 6.23 Å². The highest BCUT2D eigenvalue weighted by Gasteiger charge is 2.45. The number of aromatic nitrogens is 4. The number of ether oxygens (including phenoxy) is 1.